The number of carboxylic acid groups (broad SMARTS) is 1. The van der Waals surface area contributed by atoms with Gasteiger partial charge in [0.25, 0.3) is 5.89 Å². The summed E-state index contributed by atoms with van der Waals surface area (Å²) in [6.45, 7) is -0.470. The Balaban J connectivity index is 1.86. The van der Waals surface area contributed by atoms with Gasteiger partial charge in [0.05, 0.1) is 5.56 Å². The van der Waals surface area contributed by atoms with E-state index >= 15 is 0 Å². The highest BCUT2D eigenvalue weighted by Gasteiger charge is 2.15. The number of hydrogen-bond acceptors (Lipinski definition) is 5. The topological polar surface area (TPSA) is 85.5 Å². The van der Waals surface area contributed by atoms with Crippen LogP contribution in [-0.4, -0.2) is 35.7 Å². The molecule has 1 aromatic heterocycles. The largest absolute Gasteiger partial charge is 0.481 e. The van der Waals surface area contributed by atoms with Crippen LogP contribution in [0.5, 0.6) is 5.75 Å². The van der Waals surface area contributed by atoms with Crippen LogP contribution in [0.2, 0.25) is 0 Å². The second-order valence-electron chi connectivity index (χ2n) is 5.12. The average Bonchev–Trinajstić information content (AvgIpc) is 3.03. The summed E-state index contributed by atoms with van der Waals surface area (Å²) in [6, 6.07) is 14.5. The van der Waals surface area contributed by atoms with Crippen LogP contribution in [0.1, 0.15) is 11.4 Å². The normalized spacial score (nSPS) is 10.5. The first-order valence-corrected chi connectivity index (χ1v) is 7.23. The van der Waals surface area contributed by atoms with Crippen molar-refractivity contribution < 1.29 is 19.2 Å². The maximum absolute atomic E-state index is 10.7. The molecule has 24 heavy (non-hydrogen) atoms. The minimum atomic E-state index is -1.08. The van der Waals surface area contributed by atoms with Crippen LogP contribution >= 0.6 is 0 Å². The maximum Gasteiger partial charge on any atom is 0.341 e. The van der Waals surface area contributed by atoms with Gasteiger partial charge in [0, 0.05) is 6.42 Å². The SMILES string of the molecule is [B]c1ccc(OCC(=O)O)c(-c2nc(Cc3ccccc3)no2)c1. The predicted octanol–water partition coefficient (Wildman–Crippen LogP) is 1.58. The van der Waals surface area contributed by atoms with Crippen molar-refractivity contribution in [3.05, 3.63) is 59.9 Å². The zero-order valence-electron chi connectivity index (χ0n) is 12.7. The number of carboxylic acids is 1. The number of aliphatic carboxylic acids is 1. The molecule has 0 atom stereocenters. The highest BCUT2D eigenvalue weighted by Crippen LogP contribution is 2.28. The van der Waals surface area contributed by atoms with Crippen LogP contribution in [0, 0.1) is 0 Å². The van der Waals surface area contributed by atoms with E-state index < -0.39 is 12.6 Å². The molecule has 3 aromatic rings. The lowest BCUT2D eigenvalue weighted by Crippen LogP contribution is -2.11. The Labute approximate surface area is 139 Å². The first kappa shape index (κ1) is 15.8. The van der Waals surface area contributed by atoms with E-state index in [1.54, 1.807) is 18.2 Å². The summed E-state index contributed by atoms with van der Waals surface area (Å²) in [5.41, 5.74) is 2.00. The van der Waals surface area contributed by atoms with Gasteiger partial charge in [0.15, 0.2) is 12.4 Å². The van der Waals surface area contributed by atoms with Gasteiger partial charge in [-0.1, -0.05) is 53.1 Å². The molecular weight excluding hydrogens is 307 g/mol. The fraction of sp³-hybridized carbons (Fsp3) is 0.118. The molecule has 2 aromatic carbocycles. The van der Waals surface area contributed by atoms with Crippen LogP contribution < -0.4 is 10.2 Å². The number of ether oxygens (including phenoxy) is 1. The standard InChI is InChI=1S/C17H13BN2O4/c18-12-6-7-14(23-10-16(21)22)13(9-12)17-19-15(20-24-17)8-11-4-2-1-3-5-11/h1-7,9H,8,10H2,(H,21,22). The Hall–Kier alpha value is -3.09. The van der Waals surface area contributed by atoms with Gasteiger partial charge in [-0.3, -0.25) is 0 Å². The Bertz CT molecular complexity index is 849. The lowest BCUT2D eigenvalue weighted by atomic mass is 9.94. The number of rotatable bonds is 6. The number of nitrogens with zero attached hydrogens (tertiary/aromatic N) is 2. The molecule has 0 aliphatic rings. The molecule has 0 spiro atoms. The van der Waals surface area contributed by atoms with E-state index in [-0.39, 0.29) is 5.89 Å². The molecule has 0 fully saturated rings. The first-order chi connectivity index (χ1) is 11.6. The number of aromatic nitrogens is 2. The highest BCUT2D eigenvalue weighted by molar-refractivity contribution is 6.32. The summed E-state index contributed by atoms with van der Waals surface area (Å²) in [5.74, 6) is -0.00832. The van der Waals surface area contributed by atoms with Gasteiger partial charge in [0.1, 0.15) is 13.6 Å². The van der Waals surface area contributed by atoms with E-state index in [4.69, 9.17) is 22.2 Å². The van der Waals surface area contributed by atoms with E-state index in [9.17, 15) is 4.79 Å². The third-order valence-corrected chi connectivity index (χ3v) is 3.26. The number of benzene rings is 2. The number of carbonyl (C=O) groups is 1. The molecule has 0 saturated heterocycles. The van der Waals surface area contributed by atoms with E-state index in [2.05, 4.69) is 10.1 Å². The molecule has 0 amide bonds. The van der Waals surface area contributed by atoms with E-state index in [1.807, 2.05) is 30.3 Å². The molecule has 0 aliphatic heterocycles. The van der Waals surface area contributed by atoms with Crippen molar-refractivity contribution in [1.29, 1.82) is 0 Å². The van der Waals surface area contributed by atoms with Crippen LogP contribution in [0.3, 0.4) is 0 Å². The summed E-state index contributed by atoms with van der Waals surface area (Å²) >= 11 is 0. The van der Waals surface area contributed by atoms with Gasteiger partial charge >= 0.3 is 5.97 Å². The van der Waals surface area contributed by atoms with Crippen LogP contribution in [0.4, 0.5) is 0 Å². The van der Waals surface area contributed by atoms with Crippen LogP contribution in [0.15, 0.2) is 53.1 Å². The van der Waals surface area contributed by atoms with Crippen molar-refractivity contribution in [2.45, 2.75) is 6.42 Å². The Morgan fingerprint density at radius 1 is 1.21 bits per heavy atom. The smallest absolute Gasteiger partial charge is 0.341 e. The average molecular weight is 320 g/mol. The van der Waals surface area contributed by atoms with Gasteiger partial charge in [-0.15, -0.1) is 0 Å². The zero-order valence-corrected chi connectivity index (χ0v) is 12.7. The Kier molecular flexibility index (Phi) is 4.60. The van der Waals surface area contributed by atoms with Gasteiger partial charge in [-0.05, 0) is 11.6 Å². The van der Waals surface area contributed by atoms with E-state index in [0.717, 1.165) is 5.56 Å². The molecule has 1 N–H and O–H groups in total. The van der Waals surface area contributed by atoms with Gasteiger partial charge in [0.2, 0.25) is 0 Å². The van der Waals surface area contributed by atoms with Crippen molar-refractivity contribution in [3.8, 4) is 17.2 Å². The van der Waals surface area contributed by atoms with Crippen molar-refractivity contribution in [2.24, 2.45) is 0 Å². The van der Waals surface area contributed by atoms with Gasteiger partial charge in [-0.25, -0.2) is 4.79 Å². The monoisotopic (exact) mass is 320 g/mol. The Morgan fingerprint density at radius 2 is 2.00 bits per heavy atom. The molecular formula is C17H13BN2O4. The third kappa shape index (κ3) is 3.81. The lowest BCUT2D eigenvalue weighted by Gasteiger charge is -2.08. The van der Waals surface area contributed by atoms with E-state index in [0.29, 0.717) is 29.0 Å². The Morgan fingerprint density at radius 3 is 2.75 bits per heavy atom. The minimum absolute atomic E-state index is 0.230. The second kappa shape index (κ2) is 7.00. The third-order valence-electron chi connectivity index (χ3n) is 3.26. The quantitative estimate of drug-likeness (QED) is 0.694. The lowest BCUT2D eigenvalue weighted by molar-refractivity contribution is -0.139. The second-order valence-corrected chi connectivity index (χ2v) is 5.12. The summed E-state index contributed by atoms with van der Waals surface area (Å²) < 4.78 is 10.5. The summed E-state index contributed by atoms with van der Waals surface area (Å²) in [7, 11) is 5.79. The summed E-state index contributed by atoms with van der Waals surface area (Å²) in [5, 5.41) is 12.7. The molecule has 7 heteroatoms. The molecule has 6 nitrogen and oxygen atoms in total. The molecule has 0 aliphatic carbocycles. The first-order valence-electron chi connectivity index (χ1n) is 7.23. The fourth-order valence-corrected chi connectivity index (χ4v) is 2.19. The molecule has 1 heterocycles. The number of hydrogen-bond donors (Lipinski definition) is 1. The highest BCUT2D eigenvalue weighted by atomic mass is 16.5. The van der Waals surface area contributed by atoms with Gasteiger partial charge in [-0.2, -0.15) is 4.98 Å². The predicted molar refractivity (Wildman–Crippen MR) is 87.5 cm³/mol. The fourth-order valence-electron chi connectivity index (χ4n) is 2.19. The van der Waals surface area contributed by atoms with Crippen molar-refractivity contribution in [2.75, 3.05) is 6.61 Å². The van der Waals surface area contributed by atoms with Crippen molar-refractivity contribution in [1.82, 2.24) is 10.1 Å². The molecule has 118 valence electrons. The molecule has 0 unspecified atom stereocenters. The zero-order chi connectivity index (χ0) is 16.9. The van der Waals surface area contributed by atoms with Crippen LogP contribution in [-0.2, 0) is 11.2 Å². The van der Waals surface area contributed by atoms with Crippen molar-refractivity contribution >= 4 is 19.3 Å². The maximum atomic E-state index is 10.7. The van der Waals surface area contributed by atoms with Gasteiger partial charge < -0.3 is 14.4 Å². The van der Waals surface area contributed by atoms with Crippen LogP contribution in [0.25, 0.3) is 11.5 Å². The molecule has 3 rings (SSSR count). The molecule has 0 bridgehead atoms. The molecule has 2 radical (unpaired) electrons. The molecule has 0 saturated carbocycles. The summed E-state index contributed by atoms with van der Waals surface area (Å²) in [6.07, 6.45) is 0.526. The minimum Gasteiger partial charge on any atom is -0.481 e. The van der Waals surface area contributed by atoms with E-state index in [1.165, 1.54) is 0 Å². The van der Waals surface area contributed by atoms with Crippen molar-refractivity contribution in [3.63, 3.8) is 0 Å². The summed E-state index contributed by atoms with van der Waals surface area (Å²) in [4.78, 5) is 15.0.